The monoisotopic (exact) mass is 375 g/mol. The molecular formula is C25H29NO2. The van der Waals surface area contributed by atoms with E-state index in [2.05, 4.69) is 48.2 Å². The van der Waals surface area contributed by atoms with Crippen LogP contribution in [0.15, 0.2) is 78.9 Å². The van der Waals surface area contributed by atoms with Crippen LogP contribution >= 0.6 is 0 Å². The molecule has 3 aromatic carbocycles. The number of hydrogen-bond acceptors (Lipinski definition) is 3. The summed E-state index contributed by atoms with van der Waals surface area (Å²) in [6.07, 6.45) is 2.12. The Hall–Kier alpha value is -2.78. The van der Waals surface area contributed by atoms with Crippen LogP contribution < -0.4 is 4.74 Å². The van der Waals surface area contributed by atoms with Gasteiger partial charge in [-0.1, -0.05) is 61.5 Å². The zero-order chi connectivity index (χ0) is 19.6. The highest BCUT2D eigenvalue weighted by Crippen LogP contribution is 2.16. The Balaban J connectivity index is 1.51. The Morgan fingerprint density at radius 3 is 2.11 bits per heavy atom. The van der Waals surface area contributed by atoms with Gasteiger partial charge in [0.1, 0.15) is 18.1 Å². The molecule has 0 aliphatic heterocycles. The van der Waals surface area contributed by atoms with Gasteiger partial charge in [-0.3, -0.25) is 4.90 Å². The topological polar surface area (TPSA) is 32.7 Å². The summed E-state index contributed by atoms with van der Waals surface area (Å²) in [6, 6.07) is 26.2. The third-order valence-electron chi connectivity index (χ3n) is 4.77. The van der Waals surface area contributed by atoms with Crippen LogP contribution in [0.5, 0.6) is 11.5 Å². The first-order valence-electron chi connectivity index (χ1n) is 9.99. The minimum Gasteiger partial charge on any atom is -0.508 e. The Bertz CT molecular complexity index is 813. The Morgan fingerprint density at radius 1 is 0.750 bits per heavy atom. The van der Waals surface area contributed by atoms with Gasteiger partial charge in [-0.25, -0.2) is 0 Å². The van der Waals surface area contributed by atoms with Gasteiger partial charge in [0.15, 0.2) is 0 Å². The third kappa shape index (κ3) is 6.43. The summed E-state index contributed by atoms with van der Waals surface area (Å²) in [5.41, 5.74) is 3.73. The van der Waals surface area contributed by atoms with E-state index in [1.54, 1.807) is 12.1 Å². The molecule has 0 aromatic heterocycles. The maximum absolute atomic E-state index is 9.42. The van der Waals surface area contributed by atoms with Crippen LogP contribution in [-0.4, -0.2) is 23.1 Å². The van der Waals surface area contributed by atoms with E-state index in [0.717, 1.165) is 38.2 Å². The van der Waals surface area contributed by atoms with Gasteiger partial charge in [0.25, 0.3) is 0 Å². The number of aromatic hydroxyl groups is 1. The summed E-state index contributed by atoms with van der Waals surface area (Å²) in [7, 11) is 0. The van der Waals surface area contributed by atoms with E-state index in [9.17, 15) is 5.11 Å². The van der Waals surface area contributed by atoms with Gasteiger partial charge in [-0.15, -0.1) is 0 Å². The molecule has 3 nitrogen and oxygen atoms in total. The number of benzene rings is 3. The summed E-state index contributed by atoms with van der Waals surface area (Å²) >= 11 is 0. The van der Waals surface area contributed by atoms with Gasteiger partial charge in [-0.2, -0.15) is 0 Å². The van der Waals surface area contributed by atoms with Crippen LogP contribution in [0.3, 0.4) is 0 Å². The van der Waals surface area contributed by atoms with Crippen molar-refractivity contribution in [3.63, 3.8) is 0 Å². The fourth-order valence-electron chi connectivity index (χ4n) is 3.23. The van der Waals surface area contributed by atoms with E-state index < -0.39 is 0 Å². The molecule has 28 heavy (non-hydrogen) atoms. The molecule has 0 aliphatic rings. The molecule has 3 aromatic rings. The number of ether oxygens (including phenoxy) is 1. The first-order valence-corrected chi connectivity index (χ1v) is 9.99. The van der Waals surface area contributed by atoms with Crippen molar-refractivity contribution in [2.24, 2.45) is 0 Å². The fraction of sp³-hybridized carbons (Fsp3) is 0.280. The zero-order valence-electron chi connectivity index (χ0n) is 16.6. The summed E-state index contributed by atoms with van der Waals surface area (Å²) in [5.74, 6) is 1.22. The summed E-state index contributed by atoms with van der Waals surface area (Å²) in [6.45, 7) is 5.82. The smallest absolute Gasteiger partial charge is 0.119 e. The molecule has 3 rings (SSSR count). The van der Waals surface area contributed by atoms with E-state index in [0.29, 0.717) is 12.4 Å². The highest BCUT2D eigenvalue weighted by Gasteiger charge is 2.06. The summed E-state index contributed by atoms with van der Waals surface area (Å²) < 4.78 is 5.88. The molecule has 146 valence electrons. The molecule has 0 atom stereocenters. The number of rotatable bonds is 10. The normalized spacial score (nSPS) is 10.9. The van der Waals surface area contributed by atoms with Gasteiger partial charge in [0.2, 0.25) is 0 Å². The third-order valence-corrected chi connectivity index (χ3v) is 4.77. The van der Waals surface area contributed by atoms with E-state index in [1.165, 1.54) is 16.7 Å². The lowest BCUT2D eigenvalue weighted by Crippen LogP contribution is -2.26. The van der Waals surface area contributed by atoms with Crippen LogP contribution in [0.25, 0.3) is 0 Å². The number of nitrogens with zero attached hydrogens (tertiary/aromatic N) is 1. The average Bonchev–Trinajstić information content (AvgIpc) is 2.73. The van der Waals surface area contributed by atoms with Crippen LogP contribution in [-0.2, 0) is 19.6 Å². The predicted molar refractivity (Wildman–Crippen MR) is 115 cm³/mol. The first-order chi connectivity index (χ1) is 13.7. The highest BCUT2D eigenvalue weighted by atomic mass is 16.5. The van der Waals surface area contributed by atoms with Crippen LogP contribution in [0, 0.1) is 0 Å². The predicted octanol–water partition coefficient (Wildman–Crippen LogP) is 5.43. The van der Waals surface area contributed by atoms with Gasteiger partial charge in [-0.05, 0) is 60.3 Å². The van der Waals surface area contributed by atoms with E-state index in [1.807, 2.05) is 30.3 Å². The van der Waals surface area contributed by atoms with Crippen LogP contribution in [0.4, 0.5) is 0 Å². The largest absolute Gasteiger partial charge is 0.508 e. The quantitative estimate of drug-likeness (QED) is 0.513. The lowest BCUT2D eigenvalue weighted by atomic mass is 10.1. The lowest BCUT2D eigenvalue weighted by molar-refractivity contribution is 0.269. The number of phenolic OH excluding ortho intramolecular Hbond substituents is 1. The lowest BCUT2D eigenvalue weighted by Gasteiger charge is -2.22. The van der Waals surface area contributed by atoms with Crippen molar-refractivity contribution in [3.05, 3.63) is 95.6 Å². The maximum Gasteiger partial charge on any atom is 0.119 e. The van der Waals surface area contributed by atoms with Crippen molar-refractivity contribution in [3.8, 4) is 11.5 Å². The van der Waals surface area contributed by atoms with Gasteiger partial charge in [0, 0.05) is 13.1 Å². The minimum atomic E-state index is 0.323. The molecule has 0 aliphatic carbocycles. The molecule has 0 unspecified atom stereocenters. The van der Waals surface area contributed by atoms with Crippen molar-refractivity contribution in [1.29, 1.82) is 0 Å². The molecule has 0 fully saturated rings. The van der Waals surface area contributed by atoms with Crippen molar-refractivity contribution >= 4 is 0 Å². The van der Waals surface area contributed by atoms with Crippen LogP contribution in [0.2, 0.25) is 0 Å². The fourth-order valence-corrected chi connectivity index (χ4v) is 3.23. The summed E-state index contributed by atoms with van der Waals surface area (Å²) in [4.78, 5) is 2.48. The standard InChI is InChI=1S/C25H29NO2/c1-2-17-26(18-16-21-8-12-24(27)13-9-21)19-22-10-14-25(15-11-22)28-20-23-6-4-3-5-7-23/h3-15,27H,2,16-20H2,1H3. The van der Waals surface area contributed by atoms with E-state index in [4.69, 9.17) is 4.74 Å². The molecule has 0 bridgehead atoms. The number of phenols is 1. The molecule has 0 spiro atoms. The van der Waals surface area contributed by atoms with E-state index in [-0.39, 0.29) is 0 Å². The molecule has 0 saturated heterocycles. The molecule has 0 heterocycles. The van der Waals surface area contributed by atoms with Crippen molar-refractivity contribution in [2.75, 3.05) is 13.1 Å². The van der Waals surface area contributed by atoms with Crippen molar-refractivity contribution in [2.45, 2.75) is 32.9 Å². The second kappa shape index (κ2) is 10.5. The average molecular weight is 376 g/mol. The molecule has 0 radical (unpaired) electrons. The molecule has 0 amide bonds. The zero-order valence-corrected chi connectivity index (χ0v) is 16.6. The second-order valence-electron chi connectivity index (χ2n) is 7.11. The number of hydrogen-bond donors (Lipinski definition) is 1. The van der Waals surface area contributed by atoms with E-state index >= 15 is 0 Å². The summed E-state index contributed by atoms with van der Waals surface area (Å²) in [5, 5.41) is 9.42. The molecule has 0 saturated carbocycles. The minimum absolute atomic E-state index is 0.323. The first kappa shape index (κ1) is 20.0. The molecule has 1 N–H and O–H groups in total. The highest BCUT2D eigenvalue weighted by molar-refractivity contribution is 5.28. The van der Waals surface area contributed by atoms with Gasteiger partial charge >= 0.3 is 0 Å². The SMILES string of the molecule is CCCN(CCc1ccc(O)cc1)Cc1ccc(OCc2ccccc2)cc1. The van der Waals surface area contributed by atoms with Crippen molar-refractivity contribution < 1.29 is 9.84 Å². The van der Waals surface area contributed by atoms with Gasteiger partial charge < -0.3 is 9.84 Å². The van der Waals surface area contributed by atoms with Gasteiger partial charge in [0.05, 0.1) is 0 Å². The molecular weight excluding hydrogens is 346 g/mol. The van der Waals surface area contributed by atoms with Crippen molar-refractivity contribution in [1.82, 2.24) is 4.90 Å². The second-order valence-corrected chi connectivity index (χ2v) is 7.11. The molecule has 3 heteroatoms. The van der Waals surface area contributed by atoms with Crippen LogP contribution in [0.1, 0.15) is 30.0 Å². The Labute approximate surface area is 168 Å². The maximum atomic E-state index is 9.42. The Kier molecular flexibility index (Phi) is 7.51. The Morgan fingerprint density at radius 2 is 1.43 bits per heavy atom.